The first-order chi connectivity index (χ1) is 15.2. The van der Waals surface area contributed by atoms with Crippen LogP contribution in [0.2, 0.25) is 0 Å². The molecule has 3 aromatic rings. The van der Waals surface area contributed by atoms with Crippen molar-refractivity contribution in [1.29, 1.82) is 0 Å². The van der Waals surface area contributed by atoms with Crippen LogP contribution in [0.15, 0.2) is 30.7 Å². The van der Waals surface area contributed by atoms with Crippen LogP contribution < -0.4 is 15.5 Å². The monoisotopic (exact) mass is 419 g/mol. The van der Waals surface area contributed by atoms with Crippen molar-refractivity contribution in [2.45, 2.75) is 43.8 Å². The maximum Gasteiger partial charge on any atom is 0.162 e. The molecule has 1 saturated heterocycles. The average molecular weight is 420 g/mol. The van der Waals surface area contributed by atoms with Crippen molar-refractivity contribution in [3.63, 3.8) is 0 Å². The van der Waals surface area contributed by atoms with Crippen LogP contribution in [-0.4, -0.2) is 58.3 Å². The van der Waals surface area contributed by atoms with Crippen LogP contribution >= 0.6 is 0 Å². The Morgan fingerprint density at radius 2 is 1.94 bits per heavy atom. The summed E-state index contributed by atoms with van der Waals surface area (Å²) in [5, 5.41) is 7.91. The van der Waals surface area contributed by atoms with Gasteiger partial charge in [0.25, 0.3) is 0 Å². The molecule has 2 N–H and O–H groups in total. The number of hydrogen-bond acceptors (Lipinski definition) is 7. The van der Waals surface area contributed by atoms with Gasteiger partial charge in [-0.3, -0.25) is 4.98 Å². The molecule has 31 heavy (non-hydrogen) atoms. The Balaban J connectivity index is 1.42. The quantitative estimate of drug-likeness (QED) is 0.657. The van der Waals surface area contributed by atoms with E-state index < -0.39 is 6.17 Å². The standard InChI is InChI=1S/C23H26FN7/c24-16-10-17(11-16)28-20-9-15(3-4-27-20)22-29-19-13-26-12-18(14-1-2-14)21(19)23(30-22)31-7-5-25-6-8-31/h3-4,9,12-14,16-17,25H,1-2,5-8,10-11H2,(H,27,28). The lowest BCUT2D eigenvalue weighted by Crippen LogP contribution is -2.44. The summed E-state index contributed by atoms with van der Waals surface area (Å²) in [4.78, 5) is 21.3. The molecule has 7 nitrogen and oxygen atoms in total. The summed E-state index contributed by atoms with van der Waals surface area (Å²) >= 11 is 0. The van der Waals surface area contributed by atoms with Gasteiger partial charge in [-0.1, -0.05) is 0 Å². The van der Waals surface area contributed by atoms with E-state index in [1.54, 1.807) is 6.20 Å². The Morgan fingerprint density at radius 1 is 1.10 bits per heavy atom. The predicted molar refractivity (Wildman–Crippen MR) is 119 cm³/mol. The maximum atomic E-state index is 13.2. The van der Waals surface area contributed by atoms with E-state index in [4.69, 9.17) is 9.97 Å². The van der Waals surface area contributed by atoms with Crippen LogP contribution in [0.5, 0.6) is 0 Å². The zero-order chi connectivity index (χ0) is 20.8. The van der Waals surface area contributed by atoms with Crippen LogP contribution in [0.3, 0.4) is 0 Å². The Labute approximate surface area is 180 Å². The molecule has 3 fully saturated rings. The highest BCUT2D eigenvalue weighted by atomic mass is 19.1. The van der Waals surface area contributed by atoms with E-state index in [1.807, 2.05) is 24.5 Å². The Kier molecular flexibility index (Phi) is 4.67. The van der Waals surface area contributed by atoms with E-state index in [0.717, 1.165) is 54.3 Å². The van der Waals surface area contributed by atoms with E-state index in [9.17, 15) is 4.39 Å². The third-order valence-electron chi connectivity index (χ3n) is 6.50. The lowest BCUT2D eigenvalue weighted by atomic mass is 9.91. The largest absolute Gasteiger partial charge is 0.367 e. The van der Waals surface area contributed by atoms with Crippen molar-refractivity contribution in [3.05, 3.63) is 36.3 Å². The molecule has 2 saturated carbocycles. The SMILES string of the molecule is FC1CC(Nc2cc(-c3nc(N4CCNCC4)c4c(C5CC5)cncc4n3)ccn2)C1. The topological polar surface area (TPSA) is 78.9 Å². The summed E-state index contributed by atoms with van der Waals surface area (Å²) in [5.74, 6) is 3.01. The van der Waals surface area contributed by atoms with Gasteiger partial charge in [0.2, 0.25) is 0 Å². The number of hydrogen-bond donors (Lipinski definition) is 2. The van der Waals surface area contributed by atoms with Gasteiger partial charge in [-0.2, -0.15) is 0 Å². The number of nitrogens with one attached hydrogen (secondary N) is 2. The van der Waals surface area contributed by atoms with E-state index in [2.05, 4.69) is 25.5 Å². The van der Waals surface area contributed by atoms with E-state index in [0.29, 0.717) is 24.6 Å². The lowest BCUT2D eigenvalue weighted by molar-refractivity contribution is 0.192. The van der Waals surface area contributed by atoms with E-state index >= 15 is 0 Å². The summed E-state index contributed by atoms with van der Waals surface area (Å²) < 4.78 is 13.2. The van der Waals surface area contributed by atoms with Crippen LogP contribution in [0, 0.1) is 0 Å². The van der Waals surface area contributed by atoms with E-state index in [1.165, 1.54) is 18.4 Å². The number of aromatic nitrogens is 4. The first-order valence-corrected chi connectivity index (χ1v) is 11.2. The van der Waals surface area contributed by atoms with Crippen LogP contribution in [0.4, 0.5) is 16.0 Å². The van der Waals surface area contributed by atoms with Crippen LogP contribution in [0.25, 0.3) is 22.3 Å². The minimum Gasteiger partial charge on any atom is -0.367 e. The first kappa shape index (κ1) is 18.9. The van der Waals surface area contributed by atoms with Gasteiger partial charge in [-0.05, 0) is 49.3 Å². The Hall–Kier alpha value is -2.87. The van der Waals surface area contributed by atoms with Gasteiger partial charge in [-0.15, -0.1) is 0 Å². The van der Waals surface area contributed by atoms with Gasteiger partial charge in [0, 0.05) is 55.6 Å². The number of alkyl halides is 1. The summed E-state index contributed by atoms with van der Waals surface area (Å²) in [6.45, 7) is 3.75. The molecule has 0 spiro atoms. The highest BCUT2D eigenvalue weighted by Gasteiger charge is 2.30. The number of halogens is 1. The predicted octanol–water partition coefficient (Wildman–Crippen LogP) is 3.29. The lowest BCUT2D eigenvalue weighted by Gasteiger charge is -2.31. The normalized spacial score (nSPS) is 23.6. The fourth-order valence-corrected chi connectivity index (χ4v) is 4.55. The van der Waals surface area contributed by atoms with Crippen molar-refractivity contribution >= 4 is 22.5 Å². The molecule has 0 atom stereocenters. The number of anilines is 2. The molecule has 0 bridgehead atoms. The van der Waals surface area contributed by atoms with Crippen molar-refractivity contribution < 1.29 is 4.39 Å². The van der Waals surface area contributed by atoms with Gasteiger partial charge in [0.1, 0.15) is 17.8 Å². The van der Waals surface area contributed by atoms with Gasteiger partial charge >= 0.3 is 0 Å². The second kappa shape index (κ2) is 7.67. The number of pyridine rings is 2. The van der Waals surface area contributed by atoms with Crippen molar-refractivity contribution in [2.75, 3.05) is 36.4 Å². The average Bonchev–Trinajstić information content (AvgIpc) is 3.63. The van der Waals surface area contributed by atoms with Crippen LogP contribution in [-0.2, 0) is 0 Å². The molecule has 4 heterocycles. The molecule has 3 aliphatic rings. The summed E-state index contributed by atoms with van der Waals surface area (Å²) in [5.41, 5.74) is 3.08. The van der Waals surface area contributed by atoms with E-state index in [-0.39, 0.29) is 6.04 Å². The minimum absolute atomic E-state index is 0.150. The molecule has 6 rings (SSSR count). The maximum absolute atomic E-state index is 13.2. The highest BCUT2D eigenvalue weighted by Crippen LogP contribution is 2.44. The van der Waals surface area contributed by atoms with Gasteiger partial charge < -0.3 is 15.5 Å². The molecule has 0 unspecified atom stereocenters. The second-order valence-electron chi connectivity index (χ2n) is 8.84. The molecular weight excluding hydrogens is 393 g/mol. The molecule has 0 amide bonds. The summed E-state index contributed by atoms with van der Waals surface area (Å²) in [6, 6.07) is 4.05. The first-order valence-electron chi connectivity index (χ1n) is 11.2. The fraction of sp³-hybridized carbons (Fsp3) is 0.478. The molecular formula is C23H26FN7. The smallest absolute Gasteiger partial charge is 0.162 e. The number of piperazine rings is 1. The Bertz CT molecular complexity index is 1100. The highest BCUT2D eigenvalue weighted by molar-refractivity contribution is 5.94. The minimum atomic E-state index is -0.695. The molecule has 1 aliphatic heterocycles. The number of fused-ring (bicyclic) bond motifs is 1. The second-order valence-corrected chi connectivity index (χ2v) is 8.84. The van der Waals surface area contributed by atoms with Gasteiger partial charge in [0.15, 0.2) is 5.82 Å². The third-order valence-corrected chi connectivity index (χ3v) is 6.50. The van der Waals surface area contributed by atoms with Crippen LogP contribution in [0.1, 0.15) is 37.2 Å². The molecule has 2 aliphatic carbocycles. The number of rotatable bonds is 5. The van der Waals surface area contributed by atoms with Gasteiger partial charge in [0.05, 0.1) is 11.7 Å². The molecule has 0 radical (unpaired) electrons. The fourth-order valence-electron chi connectivity index (χ4n) is 4.55. The summed E-state index contributed by atoms with van der Waals surface area (Å²) in [7, 11) is 0. The van der Waals surface area contributed by atoms with Crippen molar-refractivity contribution in [1.82, 2.24) is 25.3 Å². The number of nitrogens with zero attached hydrogens (tertiary/aromatic N) is 5. The summed E-state index contributed by atoms with van der Waals surface area (Å²) in [6.07, 6.45) is 8.43. The zero-order valence-electron chi connectivity index (χ0n) is 17.4. The van der Waals surface area contributed by atoms with Crippen molar-refractivity contribution in [3.8, 4) is 11.4 Å². The third kappa shape index (κ3) is 3.69. The molecule has 0 aromatic carbocycles. The molecule has 3 aromatic heterocycles. The van der Waals surface area contributed by atoms with Crippen molar-refractivity contribution in [2.24, 2.45) is 0 Å². The Morgan fingerprint density at radius 3 is 2.71 bits per heavy atom. The zero-order valence-corrected chi connectivity index (χ0v) is 17.4. The van der Waals surface area contributed by atoms with Gasteiger partial charge in [-0.25, -0.2) is 19.3 Å². The molecule has 8 heteroatoms. The molecule has 160 valence electrons.